The molecule has 0 bridgehead atoms. The highest BCUT2D eigenvalue weighted by Crippen LogP contribution is 2.43. The molecule has 0 heteroatoms. The van der Waals surface area contributed by atoms with Gasteiger partial charge >= 0.3 is 0 Å². The van der Waals surface area contributed by atoms with Crippen molar-refractivity contribution in [3.05, 3.63) is 0 Å². The molecule has 0 N–H and O–H groups in total. The fraction of sp³-hybridized carbons (Fsp3) is 1.00. The van der Waals surface area contributed by atoms with Crippen LogP contribution < -0.4 is 0 Å². The minimum Gasteiger partial charge on any atom is -0.0654 e. The average molecular weight is 395 g/mol. The van der Waals surface area contributed by atoms with Crippen LogP contribution >= 0.6 is 0 Å². The summed E-state index contributed by atoms with van der Waals surface area (Å²) >= 11 is 0. The van der Waals surface area contributed by atoms with E-state index >= 15 is 0 Å². The van der Waals surface area contributed by atoms with Crippen molar-refractivity contribution in [1.82, 2.24) is 0 Å². The van der Waals surface area contributed by atoms with E-state index in [1.165, 1.54) is 135 Å². The first kappa shape index (κ1) is 28.0. The summed E-state index contributed by atoms with van der Waals surface area (Å²) in [7, 11) is 0. The summed E-state index contributed by atoms with van der Waals surface area (Å²) in [5.41, 5.74) is 0.639. The molecule has 0 aliphatic rings. The van der Waals surface area contributed by atoms with E-state index in [0.29, 0.717) is 5.41 Å². The number of hydrogen-bond donors (Lipinski definition) is 0. The molecule has 0 heterocycles. The van der Waals surface area contributed by atoms with Crippen LogP contribution in [0.1, 0.15) is 169 Å². The van der Waals surface area contributed by atoms with Crippen molar-refractivity contribution in [3.8, 4) is 0 Å². The molecule has 0 aliphatic heterocycles. The molecule has 0 saturated heterocycles. The highest BCUT2D eigenvalue weighted by molar-refractivity contribution is 4.83. The Balaban J connectivity index is 4.45. The Labute approximate surface area is 181 Å². The molecule has 0 saturated carbocycles. The van der Waals surface area contributed by atoms with Gasteiger partial charge in [0.05, 0.1) is 0 Å². The van der Waals surface area contributed by atoms with E-state index in [4.69, 9.17) is 0 Å². The van der Waals surface area contributed by atoms with Gasteiger partial charge in [-0.05, 0) is 30.6 Å². The molecule has 0 aliphatic carbocycles. The zero-order chi connectivity index (χ0) is 20.9. The van der Waals surface area contributed by atoms with Gasteiger partial charge in [-0.15, -0.1) is 0 Å². The van der Waals surface area contributed by atoms with Gasteiger partial charge in [-0.2, -0.15) is 0 Å². The molecule has 0 amide bonds. The molecule has 0 spiro atoms. The van der Waals surface area contributed by atoms with Gasteiger partial charge in [0, 0.05) is 0 Å². The fourth-order valence-electron chi connectivity index (χ4n) is 5.01. The van der Waals surface area contributed by atoms with Crippen LogP contribution in [0.15, 0.2) is 0 Å². The summed E-state index contributed by atoms with van der Waals surface area (Å²) in [6.45, 7) is 12.0. The quantitative estimate of drug-likeness (QED) is 0.160. The Morgan fingerprint density at radius 1 is 0.393 bits per heavy atom. The molecule has 28 heavy (non-hydrogen) atoms. The number of rotatable bonds is 22. The molecule has 0 atom stereocenters. The third-order valence-corrected chi connectivity index (χ3v) is 7.31. The molecule has 0 unspecified atom stereocenters. The van der Waals surface area contributed by atoms with Gasteiger partial charge in [-0.25, -0.2) is 0 Å². The Bertz CT molecular complexity index is 250. The second kappa shape index (κ2) is 20.3. The summed E-state index contributed by atoms with van der Waals surface area (Å²) in [4.78, 5) is 0. The minimum atomic E-state index is 0.639. The Kier molecular flexibility index (Phi) is 20.3. The summed E-state index contributed by atoms with van der Waals surface area (Å²) in [5, 5.41) is 0. The summed E-state index contributed by atoms with van der Waals surface area (Å²) in [5.74, 6) is 0.856. The molecule has 170 valence electrons. The second-order valence-corrected chi connectivity index (χ2v) is 10.1. The van der Waals surface area contributed by atoms with Gasteiger partial charge < -0.3 is 0 Å². The zero-order valence-corrected chi connectivity index (χ0v) is 20.9. The zero-order valence-electron chi connectivity index (χ0n) is 20.9. The first-order valence-corrected chi connectivity index (χ1v) is 13.6. The molecule has 0 aromatic heterocycles. The predicted octanol–water partition coefficient (Wildman–Crippen LogP) is 10.9. The van der Waals surface area contributed by atoms with Crippen molar-refractivity contribution in [2.45, 2.75) is 169 Å². The van der Waals surface area contributed by atoms with Gasteiger partial charge in [0.25, 0.3) is 0 Å². The van der Waals surface area contributed by atoms with Gasteiger partial charge in [0.2, 0.25) is 0 Å². The normalized spacial score (nSPS) is 12.2. The molecular weight excluding hydrogens is 336 g/mol. The van der Waals surface area contributed by atoms with Crippen molar-refractivity contribution < 1.29 is 0 Å². The third kappa shape index (κ3) is 14.9. The van der Waals surface area contributed by atoms with Crippen LogP contribution in [0.5, 0.6) is 0 Å². The first-order chi connectivity index (χ1) is 13.6. The van der Waals surface area contributed by atoms with Crippen LogP contribution in [0, 0.1) is 11.3 Å². The van der Waals surface area contributed by atoms with E-state index in [1.54, 1.807) is 0 Å². The van der Waals surface area contributed by atoms with Crippen LogP contribution in [0.2, 0.25) is 0 Å². The summed E-state index contributed by atoms with van der Waals surface area (Å²) in [6, 6.07) is 0. The molecule has 0 nitrogen and oxygen atoms in total. The van der Waals surface area contributed by atoms with E-state index in [9.17, 15) is 0 Å². The largest absolute Gasteiger partial charge is 0.0654 e. The number of hydrogen-bond acceptors (Lipinski definition) is 0. The van der Waals surface area contributed by atoms with Gasteiger partial charge in [0.15, 0.2) is 0 Å². The van der Waals surface area contributed by atoms with E-state index in [1.807, 2.05) is 0 Å². The lowest BCUT2D eigenvalue weighted by atomic mass is 9.67. The second-order valence-electron chi connectivity index (χ2n) is 10.1. The van der Waals surface area contributed by atoms with Crippen LogP contribution in [0.25, 0.3) is 0 Å². The average Bonchev–Trinajstić information content (AvgIpc) is 2.69. The first-order valence-electron chi connectivity index (χ1n) is 13.6. The van der Waals surface area contributed by atoms with Gasteiger partial charge in [-0.1, -0.05) is 150 Å². The maximum Gasteiger partial charge on any atom is -0.0274 e. The molecular formula is C28H58. The van der Waals surface area contributed by atoms with Crippen LogP contribution in [-0.4, -0.2) is 0 Å². The third-order valence-electron chi connectivity index (χ3n) is 7.31. The van der Waals surface area contributed by atoms with E-state index in [2.05, 4.69) is 34.6 Å². The van der Waals surface area contributed by atoms with Crippen LogP contribution in [0.3, 0.4) is 0 Å². The Morgan fingerprint density at radius 3 is 0.893 bits per heavy atom. The smallest absolute Gasteiger partial charge is 0.0274 e. The van der Waals surface area contributed by atoms with Gasteiger partial charge in [0.1, 0.15) is 0 Å². The Morgan fingerprint density at radius 2 is 0.643 bits per heavy atom. The summed E-state index contributed by atoms with van der Waals surface area (Å²) < 4.78 is 0. The molecule has 0 fully saturated rings. The van der Waals surface area contributed by atoms with E-state index in [0.717, 1.165) is 5.92 Å². The molecule has 0 rings (SSSR count). The lowest BCUT2D eigenvalue weighted by molar-refractivity contribution is 0.123. The van der Waals surface area contributed by atoms with Crippen molar-refractivity contribution in [3.63, 3.8) is 0 Å². The Hall–Kier alpha value is 0. The predicted molar refractivity (Wildman–Crippen MR) is 131 cm³/mol. The van der Waals surface area contributed by atoms with Crippen molar-refractivity contribution >= 4 is 0 Å². The molecule has 0 aromatic rings. The maximum atomic E-state index is 2.53. The summed E-state index contributed by atoms with van der Waals surface area (Å²) in [6.07, 6.45) is 30.5. The van der Waals surface area contributed by atoms with Crippen molar-refractivity contribution in [2.75, 3.05) is 0 Å². The van der Waals surface area contributed by atoms with Crippen LogP contribution in [0.4, 0.5) is 0 Å². The van der Waals surface area contributed by atoms with Crippen molar-refractivity contribution in [1.29, 1.82) is 0 Å². The van der Waals surface area contributed by atoms with E-state index in [-0.39, 0.29) is 0 Å². The molecule has 0 radical (unpaired) electrons. The lowest BCUT2D eigenvalue weighted by Gasteiger charge is -2.39. The fourth-order valence-corrected chi connectivity index (χ4v) is 5.01. The number of unbranched alkanes of at least 4 members (excludes halogenated alkanes) is 15. The highest BCUT2D eigenvalue weighted by atomic mass is 14.4. The van der Waals surface area contributed by atoms with E-state index < -0.39 is 0 Å². The SMILES string of the molecule is CCCCCCCCC(CCCCCCCC)(CCCCCCCC)C(C)C. The highest BCUT2D eigenvalue weighted by Gasteiger charge is 2.31. The van der Waals surface area contributed by atoms with Gasteiger partial charge in [-0.3, -0.25) is 0 Å². The monoisotopic (exact) mass is 394 g/mol. The minimum absolute atomic E-state index is 0.639. The maximum absolute atomic E-state index is 2.53. The van der Waals surface area contributed by atoms with Crippen LogP contribution in [-0.2, 0) is 0 Å². The molecule has 0 aromatic carbocycles. The lowest BCUT2D eigenvalue weighted by Crippen LogP contribution is -2.27. The van der Waals surface area contributed by atoms with Crippen molar-refractivity contribution in [2.24, 2.45) is 11.3 Å². The topological polar surface area (TPSA) is 0 Å². The standard InChI is InChI=1S/C28H58/c1-6-9-12-15-18-21-24-28(27(4)5,25-22-19-16-13-10-7-2)26-23-20-17-14-11-8-3/h27H,6-26H2,1-5H3.